The van der Waals surface area contributed by atoms with Gasteiger partial charge in [0.2, 0.25) is 0 Å². The van der Waals surface area contributed by atoms with Crippen LogP contribution in [0, 0.1) is 0 Å². The third kappa shape index (κ3) is 3.03. The maximum absolute atomic E-state index is 11.2. The van der Waals surface area contributed by atoms with Crippen LogP contribution in [0.3, 0.4) is 0 Å². The molecule has 0 aliphatic carbocycles. The Morgan fingerprint density at radius 1 is 1.16 bits per heavy atom. The second kappa shape index (κ2) is 5.71. The summed E-state index contributed by atoms with van der Waals surface area (Å²) < 4.78 is 9.66. The molecule has 2 rings (SSSR count). The van der Waals surface area contributed by atoms with Crippen molar-refractivity contribution >= 4 is 16.7 Å². The maximum Gasteiger partial charge on any atom is 0.335 e. The SMILES string of the molecule is COC(=O)C(O)Cc1ccc2cc(OC)ccc2c1. The predicted octanol–water partition coefficient (Wildman–Crippen LogP) is 1.92. The van der Waals surface area contributed by atoms with Crippen molar-refractivity contribution in [1.82, 2.24) is 0 Å². The van der Waals surface area contributed by atoms with Crippen molar-refractivity contribution in [3.05, 3.63) is 42.0 Å². The molecule has 1 atom stereocenters. The lowest BCUT2D eigenvalue weighted by molar-refractivity contribution is -0.150. The molecule has 0 radical (unpaired) electrons. The first-order valence-electron chi connectivity index (χ1n) is 5.96. The molecule has 2 aromatic carbocycles. The molecule has 0 fully saturated rings. The van der Waals surface area contributed by atoms with E-state index in [1.54, 1.807) is 7.11 Å². The number of hydrogen-bond acceptors (Lipinski definition) is 4. The van der Waals surface area contributed by atoms with Crippen LogP contribution in [0.2, 0.25) is 0 Å². The Kier molecular flexibility index (Phi) is 4.02. The Labute approximate surface area is 111 Å². The highest BCUT2D eigenvalue weighted by atomic mass is 16.5. The fraction of sp³-hybridized carbons (Fsp3) is 0.267. The van der Waals surface area contributed by atoms with Gasteiger partial charge in [-0.2, -0.15) is 0 Å². The molecule has 0 saturated carbocycles. The fourth-order valence-electron chi connectivity index (χ4n) is 1.97. The lowest BCUT2D eigenvalue weighted by Crippen LogP contribution is -2.24. The van der Waals surface area contributed by atoms with Gasteiger partial charge in [0.25, 0.3) is 0 Å². The Hall–Kier alpha value is -2.07. The first-order chi connectivity index (χ1) is 9.13. The number of ether oxygens (including phenoxy) is 2. The zero-order chi connectivity index (χ0) is 13.8. The maximum atomic E-state index is 11.2. The quantitative estimate of drug-likeness (QED) is 0.853. The van der Waals surface area contributed by atoms with E-state index in [1.807, 2.05) is 36.4 Å². The van der Waals surface area contributed by atoms with Crippen molar-refractivity contribution < 1.29 is 19.4 Å². The van der Waals surface area contributed by atoms with E-state index in [9.17, 15) is 9.90 Å². The van der Waals surface area contributed by atoms with Gasteiger partial charge in [0.1, 0.15) is 5.75 Å². The molecule has 1 N–H and O–H groups in total. The van der Waals surface area contributed by atoms with Crippen LogP contribution in [-0.2, 0) is 16.0 Å². The van der Waals surface area contributed by atoms with E-state index < -0.39 is 12.1 Å². The molecule has 0 aliphatic heterocycles. The number of fused-ring (bicyclic) bond motifs is 1. The van der Waals surface area contributed by atoms with Crippen molar-refractivity contribution in [2.24, 2.45) is 0 Å². The highest BCUT2D eigenvalue weighted by Crippen LogP contribution is 2.22. The Balaban J connectivity index is 2.24. The summed E-state index contributed by atoms with van der Waals surface area (Å²) in [5.74, 6) is 0.185. The first-order valence-corrected chi connectivity index (χ1v) is 5.96. The molecule has 100 valence electrons. The minimum atomic E-state index is -1.12. The Morgan fingerprint density at radius 3 is 2.53 bits per heavy atom. The second-order valence-electron chi connectivity index (χ2n) is 4.29. The van der Waals surface area contributed by atoms with E-state index in [0.717, 1.165) is 22.1 Å². The normalized spacial score (nSPS) is 12.2. The van der Waals surface area contributed by atoms with Crippen LogP contribution in [0.25, 0.3) is 10.8 Å². The fourth-order valence-corrected chi connectivity index (χ4v) is 1.97. The van der Waals surface area contributed by atoms with Crippen molar-refractivity contribution in [3.8, 4) is 5.75 Å². The highest BCUT2D eigenvalue weighted by molar-refractivity contribution is 5.84. The van der Waals surface area contributed by atoms with E-state index in [2.05, 4.69) is 4.74 Å². The monoisotopic (exact) mass is 260 g/mol. The van der Waals surface area contributed by atoms with Crippen LogP contribution in [0.15, 0.2) is 36.4 Å². The van der Waals surface area contributed by atoms with Gasteiger partial charge in [-0.15, -0.1) is 0 Å². The second-order valence-corrected chi connectivity index (χ2v) is 4.29. The molecule has 0 saturated heterocycles. The number of rotatable bonds is 4. The zero-order valence-corrected chi connectivity index (χ0v) is 10.9. The Morgan fingerprint density at radius 2 is 1.84 bits per heavy atom. The van der Waals surface area contributed by atoms with Crippen molar-refractivity contribution in [2.45, 2.75) is 12.5 Å². The van der Waals surface area contributed by atoms with E-state index in [1.165, 1.54) is 7.11 Å². The molecule has 0 aliphatic rings. The molecule has 0 aromatic heterocycles. The lowest BCUT2D eigenvalue weighted by Gasteiger charge is -2.09. The molecule has 19 heavy (non-hydrogen) atoms. The van der Waals surface area contributed by atoms with Crippen LogP contribution >= 0.6 is 0 Å². The molecule has 1 unspecified atom stereocenters. The number of hydrogen-bond donors (Lipinski definition) is 1. The van der Waals surface area contributed by atoms with Crippen LogP contribution in [-0.4, -0.2) is 31.4 Å². The largest absolute Gasteiger partial charge is 0.497 e. The summed E-state index contributed by atoms with van der Waals surface area (Å²) in [6, 6.07) is 11.5. The van der Waals surface area contributed by atoms with E-state index in [0.29, 0.717) is 0 Å². The molecule has 0 heterocycles. The molecule has 0 bridgehead atoms. The first kappa shape index (κ1) is 13.4. The summed E-state index contributed by atoms with van der Waals surface area (Å²) in [6.07, 6.45) is -0.880. The summed E-state index contributed by atoms with van der Waals surface area (Å²) in [5.41, 5.74) is 0.885. The zero-order valence-electron chi connectivity index (χ0n) is 10.9. The summed E-state index contributed by atoms with van der Waals surface area (Å²) in [4.78, 5) is 11.2. The number of esters is 1. The van der Waals surface area contributed by atoms with Gasteiger partial charge in [-0.1, -0.05) is 24.3 Å². The standard InChI is InChI=1S/C15H16O4/c1-18-13-6-5-11-7-10(3-4-12(11)9-13)8-14(16)15(17)19-2/h3-7,9,14,16H,8H2,1-2H3. The van der Waals surface area contributed by atoms with Gasteiger partial charge in [0.05, 0.1) is 14.2 Å². The number of aliphatic hydroxyl groups excluding tert-OH is 1. The predicted molar refractivity (Wildman–Crippen MR) is 72.2 cm³/mol. The van der Waals surface area contributed by atoms with Crippen LogP contribution in [0.4, 0.5) is 0 Å². The smallest absolute Gasteiger partial charge is 0.335 e. The topological polar surface area (TPSA) is 55.8 Å². The van der Waals surface area contributed by atoms with E-state index in [-0.39, 0.29) is 6.42 Å². The lowest BCUT2D eigenvalue weighted by atomic mass is 10.0. The van der Waals surface area contributed by atoms with E-state index >= 15 is 0 Å². The molecular weight excluding hydrogens is 244 g/mol. The van der Waals surface area contributed by atoms with Crippen molar-refractivity contribution in [2.75, 3.05) is 14.2 Å². The molecule has 4 nitrogen and oxygen atoms in total. The average molecular weight is 260 g/mol. The summed E-state index contributed by atoms with van der Waals surface area (Å²) >= 11 is 0. The third-order valence-electron chi connectivity index (χ3n) is 3.01. The minimum Gasteiger partial charge on any atom is -0.497 e. The van der Waals surface area contributed by atoms with Gasteiger partial charge in [0, 0.05) is 6.42 Å². The van der Waals surface area contributed by atoms with Gasteiger partial charge in [-0.05, 0) is 28.5 Å². The number of carbonyl (C=O) groups is 1. The van der Waals surface area contributed by atoms with Crippen molar-refractivity contribution in [1.29, 1.82) is 0 Å². The van der Waals surface area contributed by atoms with Crippen molar-refractivity contribution in [3.63, 3.8) is 0 Å². The molecule has 4 heteroatoms. The Bertz CT molecular complexity index is 592. The van der Waals surface area contributed by atoms with Crippen LogP contribution < -0.4 is 4.74 Å². The molecule has 2 aromatic rings. The van der Waals surface area contributed by atoms with Gasteiger partial charge >= 0.3 is 5.97 Å². The van der Waals surface area contributed by atoms with Crippen LogP contribution in [0.1, 0.15) is 5.56 Å². The number of benzene rings is 2. The van der Waals surface area contributed by atoms with E-state index in [4.69, 9.17) is 4.74 Å². The number of aliphatic hydroxyl groups is 1. The molecule has 0 spiro atoms. The van der Waals surface area contributed by atoms with Gasteiger partial charge < -0.3 is 14.6 Å². The number of methoxy groups -OCH3 is 2. The highest BCUT2D eigenvalue weighted by Gasteiger charge is 2.15. The summed E-state index contributed by atoms with van der Waals surface area (Å²) in [7, 11) is 2.89. The number of carbonyl (C=O) groups excluding carboxylic acids is 1. The van der Waals surface area contributed by atoms with Crippen LogP contribution in [0.5, 0.6) is 5.75 Å². The van der Waals surface area contributed by atoms with Gasteiger partial charge in [-0.3, -0.25) is 0 Å². The van der Waals surface area contributed by atoms with Gasteiger partial charge in [0.15, 0.2) is 6.10 Å². The van der Waals surface area contributed by atoms with Gasteiger partial charge in [-0.25, -0.2) is 4.79 Å². The summed E-state index contributed by atoms with van der Waals surface area (Å²) in [6.45, 7) is 0. The molecule has 0 amide bonds. The minimum absolute atomic E-state index is 0.245. The average Bonchev–Trinajstić information content (AvgIpc) is 2.45. The summed E-state index contributed by atoms with van der Waals surface area (Å²) in [5, 5.41) is 11.7. The molecular formula is C15H16O4. The third-order valence-corrected chi connectivity index (χ3v) is 3.01.